The number of carbonyl (C=O) groups is 3. The van der Waals surface area contributed by atoms with Crippen LogP contribution in [0.25, 0.3) is 0 Å². The Bertz CT molecular complexity index is 449. The van der Waals surface area contributed by atoms with Crippen LogP contribution in [0.2, 0.25) is 0 Å². The summed E-state index contributed by atoms with van der Waals surface area (Å²) in [7, 11) is 0. The van der Waals surface area contributed by atoms with E-state index in [0.717, 1.165) is 0 Å². The molecule has 0 aromatic carbocycles. The maximum absolute atomic E-state index is 11.5. The molecular formula is C15H26N4O4. The van der Waals surface area contributed by atoms with Crippen LogP contribution in [-0.2, 0) is 14.4 Å². The van der Waals surface area contributed by atoms with E-state index in [9.17, 15) is 19.5 Å². The number of primary amides is 1. The highest BCUT2D eigenvalue weighted by Gasteiger charge is 2.14. The fourth-order valence-electron chi connectivity index (χ4n) is 1.68. The van der Waals surface area contributed by atoms with Gasteiger partial charge >= 0.3 is 0 Å². The van der Waals surface area contributed by atoms with Gasteiger partial charge in [0.15, 0.2) is 0 Å². The molecule has 7 N–H and O–H groups in total. The van der Waals surface area contributed by atoms with E-state index in [0.29, 0.717) is 0 Å². The number of hydrogen-bond acceptors (Lipinski definition) is 5. The zero-order chi connectivity index (χ0) is 17.7. The van der Waals surface area contributed by atoms with Crippen LogP contribution in [0.4, 0.5) is 0 Å². The molecule has 130 valence electrons. The van der Waals surface area contributed by atoms with E-state index < -0.39 is 18.1 Å². The Labute approximate surface area is 136 Å². The van der Waals surface area contributed by atoms with Gasteiger partial charge < -0.3 is 27.2 Å². The molecule has 0 unspecified atom stereocenters. The van der Waals surface area contributed by atoms with Crippen molar-refractivity contribution >= 4 is 17.7 Å². The first-order chi connectivity index (χ1) is 10.8. The van der Waals surface area contributed by atoms with E-state index in [1.807, 2.05) is 6.92 Å². The van der Waals surface area contributed by atoms with Gasteiger partial charge in [-0.2, -0.15) is 0 Å². The zero-order valence-electron chi connectivity index (χ0n) is 13.3. The number of allylic oxidation sites excluding steroid dienone is 3. The second-order valence-electron chi connectivity index (χ2n) is 5.05. The van der Waals surface area contributed by atoms with Crippen molar-refractivity contribution in [3.05, 3.63) is 24.3 Å². The fourth-order valence-corrected chi connectivity index (χ4v) is 1.68. The Kier molecular flexibility index (Phi) is 11.2. The first-order valence-corrected chi connectivity index (χ1v) is 7.41. The van der Waals surface area contributed by atoms with Crippen molar-refractivity contribution in [1.29, 1.82) is 0 Å². The molecule has 0 aliphatic rings. The normalized spacial score (nSPS) is 13.9. The second-order valence-corrected chi connectivity index (χ2v) is 5.05. The predicted octanol–water partition coefficient (Wildman–Crippen LogP) is -1.31. The van der Waals surface area contributed by atoms with Crippen LogP contribution in [0, 0.1) is 0 Å². The quantitative estimate of drug-likeness (QED) is 0.236. The highest BCUT2D eigenvalue weighted by molar-refractivity contribution is 5.87. The van der Waals surface area contributed by atoms with E-state index in [2.05, 4.69) is 10.6 Å². The standard InChI is InChI=1S/C15H26N4O4/c1-2-3-4-5-14(22)19-10-12(20)8-11(16)9-15(23)18-7-6-13(17)21/h2-5,11-12,20H,6-10,16H2,1H3,(H2,17,21)(H,18,23)(H,19,22)/b3-2-,5-4+/t11-,12-/m1/s1. The lowest BCUT2D eigenvalue weighted by atomic mass is 10.1. The Morgan fingerprint density at radius 3 is 2.52 bits per heavy atom. The van der Waals surface area contributed by atoms with Crippen LogP contribution in [0.3, 0.4) is 0 Å². The average Bonchev–Trinajstić information content (AvgIpc) is 2.44. The molecule has 0 rings (SSSR count). The van der Waals surface area contributed by atoms with E-state index in [1.54, 1.807) is 18.2 Å². The highest BCUT2D eigenvalue weighted by atomic mass is 16.3. The van der Waals surface area contributed by atoms with Crippen LogP contribution >= 0.6 is 0 Å². The lowest BCUT2D eigenvalue weighted by Gasteiger charge is -2.16. The molecule has 8 heteroatoms. The van der Waals surface area contributed by atoms with Gasteiger partial charge in [-0.3, -0.25) is 14.4 Å². The number of aliphatic hydroxyl groups is 1. The first kappa shape index (κ1) is 20.8. The number of aliphatic hydroxyl groups excluding tert-OH is 1. The molecule has 8 nitrogen and oxygen atoms in total. The number of nitrogens with two attached hydrogens (primary N) is 2. The van der Waals surface area contributed by atoms with E-state index >= 15 is 0 Å². The fraction of sp³-hybridized carbons (Fsp3) is 0.533. The maximum atomic E-state index is 11.5. The van der Waals surface area contributed by atoms with Crippen LogP contribution in [0.5, 0.6) is 0 Å². The lowest BCUT2D eigenvalue weighted by Crippen LogP contribution is -2.38. The average molecular weight is 326 g/mol. The molecule has 3 amide bonds. The summed E-state index contributed by atoms with van der Waals surface area (Å²) in [4.78, 5) is 33.4. The third-order valence-corrected chi connectivity index (χ3v) is 2.78. The Balaban J connectivity index is 3.91. The van der Waals surface area contributed by atoms with E-state index in [1.165, 1.54) is 6.08 Å². The third-order valence-electron chi connectivity index (χ3n) is 2.78. The molecule has 0 saturated heterocycles. The molecule has 23 heavy (non-hydrogen) atoms. The van der Waals surface area contributed by atoms with Crippen molar-refractivity contribution in [2.75, 3.05) is 13.1 Å². The van der Waals surface area contributed by atoms with E-state index in [4.69, 9.17) is 11.5 Å². The predicted molar refractivity (Wildman–Crippen MR) is 87.0 cm³/mol. The molecule has 0 aromatic heterocycles. The number of hydrogen-bond donors (Lipinski definition) is 5. The monoisotopic (exact) mass is 326 g/mol. The van der Waals surface area contributed by atoms with Crippen LogP contribution in [0.1, 0.15) is 26.2 Å². The van der Waals surface area contributed by atoms with Gasteiger partial charge in [0.05, 0.1) is 6.10 Å². The molecule has 0 aliphatic heterocycles. The summed E-state index contributed by atoms with van der Waals surface area (Å²) in [6.45, 7) is 2.05. The molecular weight excluding hydrogens is 300 g/mol. The van der Waals surface area contributed by atoms with Gasteiger partial charge in [0.2, 0.25) is 17.7 Å². The Morgan fingerprint density at radius 1 is 1.22 bits per heavy atom. The molecule has 0 heterocycles. The summed E-state index contributed by atoms with van der Waals surface area (Å²) in [5, 5.41) is 14.8. The molecule has 0 spiro atoms. The van der Waals surface area contributed by atoms with Crippen molar-refractivity contribution in [3.8, 4) is 0 Å². The van der Waals surface area contributed by atoms with Gasteiger partial charge in [-0.1, -0.05) is 18.2 Å². The number of nitrogens with one attached hydrogen (secondary N) is 2. The van der Waals surface area contributed by atoms with Gasteiger partial charge in [0.1, 0.15) is 0 Å². The van der Waals surface area contributed by atoms with Crippen molar-refractivity contribution in [1.82, 2.24) is 10.6 Å². The molecule has 0 fully saturated rings. The molecule has 0 aromatic rings. The van der Waals surface area contributed by atoms with Gasteiger partial charge in [-0.15, -0.1) is 0 Å². The molecule has 0 saturated carbocycles. The van der Waals surface area contributed by atoms with Crippen LogP contribution in [-0.4, -0.2) is 48.1 Å². The lowest BCUT2D eigenvalue weighted by molar-refractivity contribution is -0.122. The first-order valence-electron chi connectivity index (χ1n) is 7.41. The van der Waals surface area contributed by atoms with Crippen LogP contribution in [0.15, 0.2) is 24.3 Å². The van der Waals surface area contributed by atoms with Crippen molar-refractivity contribution in [2.45, 2.75) is 38.3 Å². The molecule has 0 radical (unpaired) electrons. The zero-order valence-corrected chi connectivity index (χ0v) is 13.3. The summed E-state index contributed by atoms with van der Waals surface area (Å²) in [5.41, 5.74) is 10.7. The van der Waals surface area contributed by atoms with E-state index in [-0.39, 0.29) is 44.2 Å². The highest BCUT2D eigenvalue weighted by Crippen LogP contribution is 2.00. The molecule has 2 atom stereocenters. The van der Waals surface area contributed by atoms with Crippen molar-refractivity contribution in [2.24, 2.45) is 11.5 Å². The topological polar surface area (TPSA) is 148 Å². The van der Waals surface area contributed by atoms with Gasteiger partial charge in [-0.25, -0.2) is 0 Å². The number of carbonyl (C=O) groups excluding carboxylic acids is 3. The summed E-state index contributed by atoms with van der Waals surface area (Å²) >= 11 is 0. The van der Waals surface area contributed by atoms with Gasteiger partial charge in [0, 0.05) is 38.0 Å². The summed E-state index contributed by atoms with van der Waals surface area (Å²) < 4.78 is 0. The van der Waals surface area contributed by atoms with Crippen molar-refractivity contribution in [3.63, 3.8) is 0 Å². The van der Waals surface area contributed by atoms with Gasteiger partial charge in [0.25, 0.3) is 0 Å². The largest absolute Gasteiger partial charge is 0.391 e. The Morgan fingerprint density at radius 2 is 1.91 bits per heavy atom. The molecule has 0 bridgehead atoms. The maximum Gasteiger partial charge on any atom is 0.244 e. The minimum Gasteiger partial charge on any atom is -0.391 e. The second kappa shape index (κ2) is 12.4. The minimum absolute atomic E-state index is 0.0188. The van der Waals surface area contributed by atoms with Gasteiger partial charge in [-0.05, 0) is 13.3 Å². The number of rotatable bonds is 11. The smallest absolute Gasteiger partial charge is 0.244 e. The third kappa shape index (κ3) is 13.2. The Hall–Kier alpha value is -2.19. The summed E-state index contributed by atoms with van der Waals surface area (Å²) in [6, 6.07) is -0.547. The molecule has 0 aliphatic carbocycles. The minimum atomic E-state index is -0.845. The SMILES string of the molecule is C/C=C\C=C\C(=O)NC[C@H](O)C[C@@H](N)CC(=O)NCCC(N)=O. The van der Waals surface area contributed by atoms with Crippen LogP contribution < -0.4 is 22.1 Å². The summed E-state index contributed by atoms with van der Waals surface area (Å²) in [5.74, 6) is -1.13. The number of amides is 3. The summed E-state index contributed by atoms with van der Waals surface area (Å²) in [6.07, 6.45) is 5.84. The van der Waals surface area contributed by atoms with Crippen molar-refractivity contribution < 1.29 is 19.5 Å².